The third-order valence-electron chi connectivity index (χ3n) is 2.54. The minimum Gasteiger partial charge on any atom is -0.427 e. The van der Waals surface area contributed by atoms with E-state index in [4.69, 9.17) is 15.2 Å². The van der Waals surface area contributed by atoms with Gasteiger partial charge in [0.1, 0.15) is 11.5 Å². The van der Waals surface area contributed by atoms with Gasteiger partial charge in [-0.05, 0) is 17.5 Å². The molecule has 1 aromatic carbocycles. The van der Waals surface area contributed by atoms with Crippen molar-refractivity contribution in [2.45, 2.75) is 33.1 Å². The number of ether oxygens (including phenoxy) is 2. The second kappa shape index (κ2) is 6.70. The first-order valence-corrected chi connectivity index (χ1v) is 6.08. The van der Waals surface area contributed by atoms with E-state index < -0.39 is 17.8 Å². The fourth-order valence-corrected chi connectivity index (χ4v) is 1.81. The Labute approximate surface area is 116 Å². The zero-order chi connectivity index (χ0) is 15.3. The molecule has 20 heavy (non-hydrogen) atoms. The molecule has 6 nitrogen and oxygen atoms in total. The number of esters is 2. The van der Waals surface area contributed by atoms with Crippen LogP contribution in [0.3, 0.4) is 0 Å². The van der Waals surface area contributed by atoms with E-state index in [2.05, 4.69) is 0 Å². The van der Waals surface area contributed by atoms with Gasteiger partial charge in [0.05, 0.1) is 0 Å². The first-order valence-electron chi connectivity index (χ1n) is 6.08. The molecule has 1 amide bonds. The summed E-state index contributed by atoms with van der Waals surface area (Å²) in [5, 5.41) is 0. The Bertz CT molecular complexity index is 538. The molecule has 1 atom stereocenters. The van der Waals surface area contributed by atoms with Crippen molar-refractivity contribution in [2.75, 3.05) is 0 Å². The molecule has 0 saturated heterocycles. The Morgan fingerprint density at radius 1 is 1.15 bits per heavy atom. The van der Waals surface area contributed by atoms with Crippen molar-refractivity contribution in [3.8, 4) is 11.5 Å². The SMILES string of the molecule is CC(=O)Oc1ccc(C(C)CC(N)=O)c(OC(C)=O)c1. The maximum atomic E-state index is 11.1. The zero-order valence-corrected chi connectivity index (χ0v) is 11.6. The molecular formula is C14H17NO5. The molecule has 0 radical (unpaired) electrons. The van der Waals surface area contributed by atoms with Gasteiger partial charge in [0.15, 0.2) is 0 Å². The fourth-order valence-electron chi connectivity index (χ4n) is 1.81. The molecular weight excluding hydrogens is 262 g/mol. The van der Waals surface area contributed by atoms with Gasteiger partial charge in [-0.3, -0.25) is 14.4 Å². The van der Waals surface area contributed by atoms with Crippen LogP contribution in [0.25, 0.3) is 0 Å². The average molecular weight is 279 g/mol. The predicted molar refractivity (Wildman–Crippen MR) is 71.3 cm³/mol. The summed E-state index contributed by atoms with van der Waals surface area (Å²) < 4.78 is 10.0. The highest BCUT2D eigenvalue weighted by Crippen LogP contribution is 2.32. The predicted octanol–water partition coefficient (Wildman–Crippen LogP) is 1.52. The highest BCUT2D eigenvalue weighted by molar-refractivity contribution is 5.75. The highest BCUT2D eigenvalue weighted by atomic mass is 16.5. The molecule has 108 valence electrons. The van der Waals surface area contributed by atoms with E-state index in [-0.39, 0.29) is 23.8 Å². The van der Waals surface area contributed by atoms with Crippen molar-refractivity contribution in [1.82, 2.24) is 0 Å². The molecule has 0 spiro atoms. The summed E-state index contributed by atoms with van der Waals surface area (Å²) in [6.07, 6.45) is 0.126. The second-order valence-corrected chi connectivity index (χ2v) is 4.46. The van der Waals surface area contributed by atoms with Gasteiger partial charge in [-0.15, -0.1) is 0 Å². The summed E-state index contributed by atoms with van der Waals surface area (Å²) in [7, 11) is 0. The third-order valence-corrected chi connectivity index (χ3v) is 2.54. The fraction of sp³-hybridized carbons (Fsp3) is 0.357. The van der Waals surface area contributed by atoms with Crippen LogP contribution in [0, 0.1) is 0 Å². The summed E-state index contributed by atoms with van der Waals surface area (Å²) in [6, 6.07) is 4.65. The van der Waals surface area contributed by atoms with Gasteiger partial charge in [0.25, 0.3) is 0 Å². The van der Waals surface area contributed by atoms with E-state index in [9.17, 15) is 14.4 Å². The van der Waals surface area contributed by atoms with Gasteiger partial charge < -0.3 is 15.2 Å². The van der Waals surface area contributed by atoms with E-state index in [0.717, 1.165) is 0 Å². The van der Waals surface area contributed by atoms with Crippen molar-refractivity contribution < 1.29 is 23.9 Å². The van der Waals surface area contributed by atoms with E-state index in [1.165, 1.54) is 19.9 Å². The number of hydrogen-bond donors (Lipinski definition) is 1. The van der Waals surface area contributed by atoms with Crippen LogP contribution in [0.2, 0.25) is 0 Å². The van der Waals surface area contributed by atoms with Crippen molar-refractivity contribution in [3.63, 3.8) is 0 Å². The van der Waals surface area contributed by atoms with Gasteiger partial charge in [-0.2, -0.15) is 0 Å². The molecule has 1 unspecified atom stereocenters. The average Bonchev–Trinajstić information content (AvgIpc) is 2.26. The van der Waals surface area contributed by atoms with Crippen LogP contribution in [0.15, 0.2) is 18.2 Å². The van der Waals surface area contributed by atoms with Crippen molar-refractivity contribution >= 4 is 17.8 Å². The van der Waals surface area contributed by atoms with Gasteiger partial charge in [0.2, 0.25) is 5.91 Å². The van der Waals surface area contributed by atoms with Crippen molar-refractivity contribution in [3.05, 3.63) is 23.8 Å². The van der Waals surface area contributed by atoms with Crippen LogP contribution in [0.5, 0.6) is 11.5 Å². The lowest BCUT2D eigenvalue weighted by molar-refractivity contribution is -0.132. The van der Waals surface area contributed by atoms with E-state index in [0.29, 0.717) is 5.56 Å². The monoisotopic (exact) mass is 279 g/mol. The summed E-state index contributed by atoms with van der Waals surface area (Å²) in [4.78, 5) is 33.0. The Kier molecular flexibility index (Phi) is 5.25. The quantitative estimate of drug-likeness (QED) is 0.651. The maximum absolute atomic E-state index is 11.1. The van der Waals surface area contributed by atoms with Gasteiger partial charge >= 0.3 is 11.9 Å². The molecule has 0 aromatic heterocycles. The number of amides is 1. The van der Waals surface area contributed by atoms with Gasteiger partial charge in [0, 0.05) is 26.3 Å². The Balaban J connectivity index is 3.11. The molecule has 0 fully saturated rings. The molecule has 1 aromatic rings. The van der Waals surface area contributed by atoms with E-state index in [1.807, 2.05) is 0 Å². The van der Waals surface area contributed by atoms with Crippen LogP contribution in [-0.4, -0.2) is 17.8 Å². The lowest BCUT2D eigenvalue weighted by atomic mass is 9.96. The molecule has 0 aliphatic rings. The number of carbonyl (C=O) groups is 3. The number of primary amides is 1. The number of hydrogen-bond acceptors (Lipinski definition) is 5. The molecule has 1 rings (SSSR count). The Morgan fingerprint density at radius 3 is 2.25 bits per heavy atom. The van der Waals surface area contributed by atoms with Crippen LogP contribution in [0.4, 0.5) is 0 Å². The van der Waals surface area contributed by atoms with E-state index in [1.54, 1.807) is 19.1 Å². The minimum atomic E-state index is -0.502. The van der Waals surface area contributed by atoms with Crippen LogP contribution in [-0.2, 0) is 14.4 Å². The van der Waals surface area contributed by atoms with E-state index >= 15 is 0 Å². The first kappa shape index (κ1) is 15.7. The largest absolute Gasteiger partial charge is 0.427 e. The lowest BCUT2D eigenvalue weighted by Gasteiger charge is -2.15. The van der Waals surface area contributed by atoms with Crippen LogP contribution < -0.4 is 15.2 Å². The first-order chi connectivity index (χ1) is 9.29. The van der Waals surface area contributed by atoms with Crippen molar-refractivity contribution in [2.24, 2.45) is 5.73 Å². The van der Waals surface area contributed by atoms with Crippen LogP contribution >= 0.6 is 0 Å². The number of rotatable bonds is 5. The topological polar surface area (TPSA) is 95.7 Å². The highest BCUT2D eigenvalue weighted by Gasteiger charge is 2.17. The van der Waals surface area contributed by atoms with Crippen LogP contribution in [0.1, 0.15) is 38.7 Å². The normalized spacial score (nSPS) is 11.6. The minimum absolute atomic E-state index is 0.126. The smallest absolute Gasteiger partial charge is 0.308 e. The van der Waals surface area contributed by atoms with Crippen molar-refractivity contribution in [1.29, 1.82) is 0 Å². The Morgan fingerprint density at radius 2 is 1.75 bits per heavy atom. The second-order valence-electron chi connectivity index (χ2n) is 4.46. The number of benzene rings is 1. The Hall–Kier alpha value is -2.37. The molecule has 0 aliphatic heterocycles. The molecule has 0 heterocycles. The summed E-state index contributed by atoms with van der Waals surface area (Å²) >= 11 is 0. The summed E-state index contributed by atoms with van der Waals surface area (Å²) in [6.45, 7) is 4.33. The van der Waals surface area contributed by atoms with Gasteiger partial charge in [-0.1, -0.05) is 13.0 Å². The maximum Gasteiger partial charge on any atom is 0.308 e. The third kappa shape index (κ3) is 4.72. The molecule has 0 saturated carbocycles. The number of carbonyl (C=O) groups excluding carboxylic acids is 3. The molecule has 2 N–H and O–H groups in total. The number of nitrogens with two attached hydrogens (primary N) is 1. The zero-order valence-electron chi connectivity index (χ0n) is 11.6. The standard InChI is InChI=1S/C14H17NO5/c1-8(6-14(15)18)12-5-4-11(19-9(2)16)7-13(12)20-10(3)17/h4-5,7-8H,6H2,1-3H3,(H2,15,18). The summed E-state index contributed by atoms with van der Waals surface area (Å²) in [5.74, 6) is -1.12. The lowest BCUT2D eigenvalue weighted by Crippen LogP contribution is -2.15. The summed E-state index contributed by atoms with van der Waals surface area (Å²) in [5.41, 5.74) is 5.81. The molecule has 0 aliphatic carbocycles. The van der Waals surface area contributed by atoms with Gasteiger partial charge in [-0.25, -0.2) is 0 Å². The molecule has 0 bridgehead atoms. The molecule has 6 heteroatoms.